The lowest BCUT2D eigenvalue weighted by Gasteiger charge is -2.25. The van der Waals surface area contributed by atoms with Crippen molar-refractivity contribution >= 4 is 17.7 Å². The lowest BCUT2D eigenvalue weighted by Crippen LogP contribution is -2.44. The summed E-state index contributed by atoms with van der Waals surface area (Å²) in [5.74, 6) is -0.731. The maximum atomic E-state index is 12.4. The van der Waals surface area contributed by atoms with Gasteiger partial charge in [0, 0.05) is 18.7 Å². The van der Waals surface area contributed by atoms with Crippen molar-refractivity contribution in [2.75, 3.05) is 13.1 Å². The molecule has 3 rings (SSSR count). The summed E-state index contributed by atoms with van der Waals surface area (Å²) in [6.07, 6.45) is 4.17. The van der Waals surface area contributed by atoms with E-state index >= 15 is 0 Å². The van der Waals surface area contributed by atoms with Crippen LogP contribution in [0.25, 0.3) is 0 Å². The van der Waals surface area contributed by atoms with Crippen LogP contribution in [-0.2, 0) is 9.59 Å². The van der Waals surface area contributed by atoms with Gasteiger partial charge in [0.05, 0.1) is 5.41 Å². The minimum absolute atomic E-state index is 0.0696. The number of amides is 3. The molecule has 5 nitrogen and oxygen atoms in total. The highest BCUT2D eigenvalue weighted by atomic mass is 16.2. The van der Waals surface area contributed by atoms with Gasteiger partial charge in [-0.25, -0.2) is 0 Å². The first kappa shape index (κ1) is 13.5. The maximum Gasteiger partial charge on any atom is 0.253 e. The second-order valence-electron chi connectivity index (χ2n) is 5.55. The first-order valence-electron chi connectivity index (χ1n) is 6.97. The van der Waals surface area contributed by atoms with E-state index in [9.17, 15) is 14.4 Å². The molecule has 1 N–H and O–H groups in total. The smallest absolute Gasteiger partial charge is 0.253 e. The largest absolute Gasteiger partial charge is 0.338 e. The van der Waals surface area contributed by atoms with Crippen LogP contribution in [0.3, 0.4) is 0 Å². The van der Waals surface area contributed by atoms with Crippen molar-refractivity contribution in [3.05, 3.63) is 48.0 Å². The highest BCUT2D eigenvalue weighted by Gasteiger charge is 2.46. The van der Waals surface area contributed by atoms with Crippen LogP contribution in [0.2, 0.25) is 0 Å². The molecule has 21 heavy (non-hydrogen) atoms. The van der Waals surface area contributed by atoms with Gasteiger partial charge in [-0.2, -0.15) is 0 Å². The molecule has 1 fully saturated rings. The number of imide groups is 1. The fourth-order valence-corrected chi connectivity index (χ4v) is 2.93. The standard InChI is InChI=1S/C16H16N2O3/c19-13-7-4-8-16(15(21)17-13)9-10-18(11-16)14(20)12-5-2-1-3-6-12/h1-7H,8-11H2,(H,17,19,21). The maximum absolute atomic E-state index is 12.4. The average Bonchev–Trinajstić information content (AvgIpc) is 2.87. The van der Waals surface area contributed by atoms with E-state index in [1.807, 2.05) is 18.2 Å². The van der Waals surface area contributed by atoms with Crippen molar-refractivity contribution < 1.29 is 14.4 Å². The highest BCUT2D eigenvalue weighted by Crippen LogP contribution is 2.36. The van der Waals surface area contributed by atoms with E-state index in [1.54, 1.807) is 23.1 Å². The third-order valence-corrected chi connectivity index (χ3v) is 4.16. The van der Waals surface area contributed by atoms with Crippen molar-refractivity contribution in [3.8, 4) is 0 Å². The Morgan fingerprint density at radius 3 is 2.71 bits per heavy atom. The van der Waals surface area contributed by atoms with Gasteiger partial charge in [-0.1, -0.05) is 24.3 Å². The van der Waals surface area contributed by atoms with Crippen molar-refractivity contribution in [1.82, 2.24) is 10.2 Å². The molecule has 2 aliphatic rings. The van der Waals surface area contributed by atoms with Crippen LogP contribution in [0.5, 0.6) is 0 Å². The lowest BCUT2D eigenvalue weighted by molar-refractivity contribution is -0.134. The molecule has 2 heterocycles. The summed E-state index contributed by atoms with van der Waals surface area (Å²) in [7, 11) is 0. The van der Waals surface area contributed by atoms with Gasteiger partial charge >= 0.3 is 0 Å². The summed E-state index contributed by atoms with van der Waals surface area (Å²) in [5.41, 5.74) is -0.0530. The number of benzene rings is 1. The Labute approximate surface area is 122 Å². The number of rotatable bonds is 1. The van der Waals surface area contributed by atoms with Gasteiger partial charge in [-0.3, -0.25) is 19.7 Å². The molecule has 0 saturated carbocycles. The predicted molar refractivity (Wildman–Crippen MR) is 76.3 cm³/mol. The van der Waals surface area contributed by atoms with Crippen LogP contribution in [0.4, 0.5) is 0 Å². The van der Waals surface area contributed by atoms with Gasteiger partial charge in [0.2, 0.25) is 11.8 Å². The summed E-state index contributed by atoms with van der Waals surface area (Å²) in [6.45, 7) is 0.882. The molecule has 1 spiro atoms. The van der Waals surface area contributed by atoms with Gasteiger partial charge < -0.3 is 4.90 Å². The molecule has 0 radical (unpaired) electrons. The molecule has 0 bridgehead atoms. The van der Waals surface area contributed by atoms with E-state index in [0.717, 1.165) is 0 Å². The molecular weight excluding hydrogens is 268 g/mol. The molecule has 5 heteroatoms. The number of likely N-dealkylation sites (tertiary alicyclic amines) is 1. The molecule has 1 saturated heterocycles. The quantitative estimate of drug-likeness (QED) is 0.786. The van der Waals surface area contributed by atoms with Crippen molar-refractivity contribution in [2.24, 2.45) is 5.41 Å². The summed E-state index contributed by atoms with van der Waals surface area (Å²) >= 11 is 0. The average molecular weight is 284 g/mol. The van der Waals surface area contributed by atoms with Crippen LogP contribution >= 0.6 is 0 Å². The van der Waals surface area contributed by atoms with E-state index in [0.29, 0.717) is 31.5 Å². The topological polar surface area (TPSA) is 66.5 Å². The number of carbonyl (C=O) groups excluding carboxylic acids is 3. The molecule has 1 aromatic rings. The van der Waals surface area contributed by atoms with Crippen LogP contribution < -0.4 is 5.32 Å². The second kappa shape index (κ2) is 5.16. The van der Waals surface area contributed by atoms with Gasteiger partial charge in [0.25, 0.3) is 5.91 Å². The molecule has 2 aliphatic heterocycles. The van der Waals surface area contributed by atoms with Crippen molar-refractivity contribution in [1.29, 1.82) is 0 Å². The van der Waals surface area contributed by atoms with Crippen LogP contribution in [0, 0.1) is 5.41 Å². The summed E-state index contributed by atoms with van der Waals surface area (Å²) in [5, 5.41) is 2.37. The number of hydrogen-bond acceptors (Lipinski definition) is 3. The Bertz CT molecular complexity index is 624. The summed E-state index contributed by atoms with van der Waals surface area (Å²) in [4.78, 5) is 37.7. The highest BCUT2D eigenvalue weighted by molar-refractivity contribution is 6.04. The van der Waals surface area contributed by atoms with Gasteiger partial charge in [0.1, 0.15) is 0 Å². The third-order valence-electron chi connectivity index (χ3n) is 4.16. The molecule has 0 aliphatic carbocycles. The predicted octanol–water partition coefficient (Wildman–Crippen LogP) is 1.12. The Morgan fingerprint density at radius 2 is 1.95 bits per heavy atom. The van der Waals surface area contributed by atoms with Crippen LogP contribution in [0.15, 0.2) is 42.5 Å². The SMILES string of the molecule is O=C1C=CCC2(CCN(C(=O)c3ccccc3)C2)C(=O)N1. The molecule has 0 aromatic heterocycles. The molecular formula is C16H16N2O3. The lowest BCUT2D eigenvalue weighted by atomic mass is 9.83. The zero-order chi connectivity index (χ0) is 14.9. The van der Waals surface area contributed by atoms with E-state index in [-0.39, 0.29) is 17.7 Å². The van der Waals surface area contributed by atoms with E-state index in [4.69, 9.17) is 0 Å². The normalized spacial score (nSPS) is 25.0. The fourth-order valence-electron chi connectivity index (χ4n) is 2.93. The third kappa shape index (κ3) is 2.46. The second-order valence-corrected chi connectivity index (χ2v) is 5.55. The first-order chi connectivity index (χ1) is 10.1. The van der Waals surface area contributed by atoms with Crippen LogP contribution in [0.1, 0.15) is 23.2 Å². The molecule has 1 aromatic carbocycles. The zero-order valence-corrected chi connectivity index (χ0v) is 11.5. The Balaban J connectivity index is 1.79. The Morgan fingerprint density at radius 1 is 1.19 bits per heavy atom. The monoisotopic (exact) mass is 284 g/mol. The molecule has 3 amide bonds. The molecule has 1 unspecified atom stereocenters. The number of carbonyl (C=O) groups is 3. The van der Waals surface area contributed by atoms with E-state index < -0.39 is 5.41 Å². The minimum atomic E-state index is -0.674. The number of allylic oxidation sites excluding steroid dienone is 1. The van der Waals surface area contributed by atoms with Gasteiger partial charge in [-0.15, -0.1) is 0 Å². The fraction of sp³-hybridized carbons (Fsp3) is 0.312. The number of nitrogens with one attached hydrogen (secondary N) is 1. The zero-order valence-electron chi connectivity index (χ0n) is 11.5. The van der Waals surface area contributed by atoms with Gasteiger partial charge in [-0.05, 0) is 31.1 Å². The van der Waals surface area contributed by atoms with Crippen molar-refractivity contribution in [2.45, 2.75) is 12.8 Å². The summed E-state index contributed by atoms with van der Waals surface area (Å²) in [6, 6.07) is 9.03. The van der Waals surface area contributed by atoms with Gasteiger partial charge in [0.15, 0.2) is 0 Å². The van der Waals surface area contributed by atoms with E-state index in [1.165, 1.54) is 6.08 Å². The Hall–Kier alpha value is -2.43. The Kier molecular flexibility index (Phi) is 3.33. The number of hydrogen-bond donors (Lipinski definition) is 1. The first-order valence-corrected chi connectivity index (χ1v) is 6.97. The molecule has 1 atom stereocenters. The minimum Gasteiger partial charge on any atom is -0.338 e. The number of nitrogens with zero attached hydrogens (tertiary/aromatic N) is 1. The van der Waals surface area contributed by atoms with Crippen molar-refractivity contribution in [3.63, 3.8) is 0 Å². The molecule has 108 valence electrons. The van der Waals surface area contributed by atoms with Crippen LogP contribution in [-0.4, -0.2) is 35.7 Å². The summed E-state index contributed by atoms with van der Waals surface area (Å²) < 4.78 is 0. The van der Waals surface area contributed by atoms with E-state index in [2.05, 4.69) is 5.32 Å².